The zero-order chi connectivity index (χ0) is 17.6. The Morgan fingerprint density at radius 2 is 1.52 bits per heavy atom. The van der Waals surface area contributed by atoms with Gasteiger partial charge in [-0.25, -0.2) is 19.6 Å². The number of rotatable bonds is 4. The third-order valence-corrected chi connectivity index (χ3v) is 3.86. The number of benzene rings is 3. The minimum Gasteiger partial charge on any atom is -0.308 e. The molecule has 0 saturated carbocycles. The highest BCUT2D eigenvalue weighted by molar-refractivity contribution is 6.05. The van der Waals surface area contributed by atoms with Crippen LogP contribution in [0.2, 0.25) is 0 Å². The summed E-state index contributed by atoms with van der Waals surface area (Å²) in [6.45, 7) is -0.583. The summed E-state index contributed by atoms with van der Waals surface area (Å²) in [5.74, 6) is 5.50. The fourth-order valence-corrected chi connectivity index (χ4v) is 2.66. The van der Waals surface area contributed by atoms with Crippen LogP contribution >= 0.6 is 0 Å². The van der Waals surface area contributed by atoms with Crippen molar-refractivity contribution in [1.29, 1.82) is 0 Å². The average molecular weight is 337 g/mol. The van der Waals surface area contributed by atoms with Gasteiger partial charge in [0.2, 0.25) is 0 Å². The molecule has 0 atom stereocenters. The summed E-state index contributed by atoms with van der Waals surface area (Å²) < 4.78 is 27.3. The summed E-state index contributed by atoms with van der Waals surface area (Å²) in [6.07, 6.45) is 0. The van der Waals surface area contributed by atoms with Gasteiger partial charge in [0, 0.05) is 5.56 Å². The maximum atomic E-state index is 13.9. The lowest BCUT2D eigenvalue weighted by Gasteiger charge is -2.14. The number of amidine groups is 1. The molecular formula is C20H17F2N3. The molecule has 0 fully saturated rings. The van der Waals surface area contributed by atoms with E-state index in [1.54, 1.807) is 30.3 Å². The summed E-state index contributed by atoms with van der Waals surface area (Å²) in [5.41, 5.74) is 5.44. The van der Waals surface area contributed by atoms with Crippen molar-refractivity contribution in [3.63, 3.8) is 0 Å². The highest BCUT2D eigenvalue weighted by Crippen LogP contribution is 2.29. The Morgan fingerprint density at radius 3 is 2.24 bits per heavy atom. The fraction of sp³-hybridized carbons (Fsp3) is 0.0500. The predicted molar refractivity (Wildman–Crippen MR) is 96.6 cm³/mol. The lowest BCUT2D eigenvalue weighted by atomic mass is 9.95. The molecule has 0 aliphatic rings. The zero-order valence-electron chi connectivity index (χ0n) is 13.4. The highest BCUT2D eigenvalue weighted by Gasteiger charge is 2.13. The van der Waals surface area contributed by atoms with E-state index in [9.17, 15) is 8.78 Å². The van der Waals surface area contributed by atoms with Crippen molar-refractivity contribution >= 4 is 11.5 Å². The van der Waals surface area contributed by atoms with Crippen LogP contribution in [0.25, 0.3) is 11.1 Å². The number of hydrogen-bond acceptors (Lipinski definition) is 2. The molecule has 0 aliphatic heterocycles. The molecule has 0 unspecified atom stereocenters. The average Bonchev–Trinajstić information content (AvgIpc) is 2.67. The van der Waals surface area contributed by atoms with Gasteiger partial charge in [0.05, 0.1) is 0 Å². The number of hydrogen-bond donors (Lipinski definition) is 2. The van der Waals surface area contributed by atoms with Crippen LogP contribution < -0.4 is 11.3 Å². The molecule has 0 aromatic heterocycles. The number of nitrogens with zero attached hydrogens (tertiary/aromatic N) is 1. The summed E-state index contributed by atoms with van der Waals surface area (Å²) in [7, 11) is 0. The Kier molecular flexibility index (Phi) is 5.16. The molecular weight excluding hydrogens is 320 g/mol. The minimum absolute atomic E-state index is 0.170. The van der Waals surface area contributed by atoms with Crippen molar-refractivity contribution in [3.8, 4) is 11.1 Å². The molecule has 3 rings (SSSR count). The van der Waals surface area contributed by atoms with Crippen LogP contribution in [0, 0.1) is 5.82 Å². The van der Waals surface area contributed by atoms with Crippen LogP contribution in [0.15, 0.2) is 77.8 Å². The van der Waals surface area contributed by atoms with Gasteiger partial charge in [-0.3, -0.25) is 0 Å². The molecule has 126 valence electrons. The summed E-state index contributed by atoms with van der Waals surface area (Å²) in [5, 5.41) is 0. The summed E-state index contributed by atoms with van der Waals surface area (Å²) in [4.78, 5) is 4.30. The zero-order valence-corrected chi connectivity index (χ0v) is 13.4. The SMILES string of the molecule is NNC(=Nc1ccccc1F)c1ccccc1-c1ccccc1CF. The van der Waals surface area contributed by atoms with E-state index in [1.165, 1.54) is 6.07 Å². The monoisotopic (exact) mass is 337 g/mol. The smallest absolute Gasteiger partial charge is 0.148 e. The third-order valence-electron chi connectivity index (χ3n) is 3.86. The standard InChI is InChI=1S/C20H17F2N3/c21-13-14-7-1-2-8-15(14)16-9-3-4-10-17(16)20(25-23)24-19-12-6-5-11-18(19)22/h1-12H,13,23H2,(H,24,25). The van der Waals surface area contributed by atoms with Crippen LogP contribution in [0.4, 0.5) is 14.5 Å². The molecule has 0 heterocycles. The number of halogens is 2. The molecule has 3 nitrogen and oxygen atoms in total. The van der Waals surface area contributed by atoms with Gasteiger partial charge in [-0.2, -0.15) is 0 Å². The lowest BCUT2D eigenvalue weighted by molar-refractivity contribution is 0.486. The second-order valence-electron chi connectivity index (χ2n) is 5.39. The van der Waals surface area contributed by atoms with E-state index in [1.807, 2.05) is 36.4 Å². The van der Waals surface area contributed by atoms with Crippen molar-refractivity contribution in [2.45, 2.75) is 6.67 Å². The van der Waals surface area contributed by atoms with E-state index in [4.69, 9.17) is 5.84 Å². The Balaban J connectivity index is 2.16. The van der Waals surface area contributed by atoms with Gasteiger partial charge >= 0.3 is 0 Å². The summed E-state index contributed by atoms with van der Waals surface area (Å²) >= 11 is 0. The molecule has 0 spiro atoms. The number of nitrogens with one attached hydrogen (secondary N) is 1. The first-order valence-electron chi connectivity index (χ1n) is 7.78. The van der Waals surface area contributed by atoms with Crippen molar-refractivity contribution in [3.05, 3.63) is 89.7 Å². The van der Waals surface area contributed by atoms with Gasteiger partial charge in [0.1, 0.15) is 24.0 Å². The van der Waals surface area contributed by atoms with Crippen LogP contribution in [0.3, 0.4) is 0 Å². The molecule has 0 amide bonds. The van der Waals surface area contributed by atoms with E-state index in [0.29, 0.717) is 17.0 Å². The number of alkyl halides is 1. The molecule has 3 aromatic carbocycles. The Hall–Kier alpha value is -3.05. The number of aliphatic imine (C=N–C) groups is 1. The lowest BCUT2D eigenvalue weighted by Crippen LogP contribution is -2.31. The van der Waals surface area contributed by atoms with Crippen LogP contribution in [0.5, 0.6) is 0 Å². The van der Waals surface area contributed by atoms with Crippen molar-refractivity contribution in [2.75, 3.05) is 0 Å². The first-order valence-corrected chi connectivity index (χ1v) is 7.78. The number of hydrazine groups is 1. The van der Waals surface area contributed by atoms with Crippen LogP contribution in [-0.2, 0) is 6.67 Å². The Bertz CT molecular complexity index is 907. The van der Waals surface area contributed by atoms with E-state index >= 15 is 0 Å². The second kappa shape index (κ2) is 7.68. The Morgan fingerprint density at radius 1 is 0.880 bits per heavy atom. The predicted octanol–water partition coefficient (Wildman–Crippen LogP) is 4.50. The van der Waals surface area contributed by atoms with Crippen LogP contribution in [-0.4, -0.2) is 5.84 Å². The van der Waals surface area contributed by atoms with Gasteiger partial charge in [-0.1, -0.05) is 60.7 Å². The molecule has 0 saturated heterocycles. The molecule has 0 bridgehead atoms. The van der Waals surface area contributed by atoms with Crippen molar-refractivity contribution in [1.82, 2.24) is 5.43 Å². The number of para-hydroxylation sites is 1. The van der Waals surface area contributed by atoms with Crippen molar-refractivity contribution < 1.29 is 8.78 Å². The molecule has 3 aromatic rings. The molecule has 3 N–H and O–H groups in total. The van der Waals surface area contributed by atoms with E-state index < -0.39 is 12.5 Å². The quantitative estimate of drug-likeness (QED) is 0.319. The largest absolute Gasteiger partial charge is 0.308 e. The van der Waals surface area contributed by atoms with Gasteiger partial charge in [0.15, 0.2) is 0 Å². The molecule has 5 heteroatoms. The molecule has 25 heavy (non-hydrogen) atoms. The first kappa shape index (κ1) is 16.8. The third kappa shape index (κ3) is 3.56. The maximum absolute atomic E-state index is 13.9. The number of nitrogens with two attached hydrogens (primary N) is 1. The summed E-state index contributed by atoms with van der Waals surface area (Å²) in [6, 6.07) is 20.7. The van der Waals surface area contributed by atoms with E-state index in [2.05, 4.69) is 10.4 Å². The topological polar surface area (TPSA) is 50.4 Å². The highest BCUT2D eigenvalue weighted by atomic mass is 19.1. The molecule has 0 radical (unpaired) electrons. The second-order valence-corrected chi connectivity index (χ2v) is 5.39. The van der Waals surface area contributed by atoms with Gasteiger partial charge in [-0.05, 0) is 28.8 Å². The van der Waals surface area contributed by atoms with Gasteiger partial charge in [-0.15, -0.1) is 0 Å². The first-order chi connectivity index (χ1) is 12.2. The minimum atomic E-state index is -0.583. The normalized spacial score (nSPS) is 11.4. The van der Waals surface area contributed by atoms with Gasteiger partial charge < -0.3 is 5.43 Å². The Labute approximate surface area is 144 Å². The van der Waals surface area contributed by atoms with E-state index in [0.717, 1.165) is 11.1 Å². The molecule has 0 aliphatic carbocycles. The van der Waals surface area contributed by atoms with Crippen molar-refractivity contribution in [2.24, 2.45) is 10.8 Å². The van der Waals surface area contributed by atoms with E-state index in [-0.39, 0.29) is 5.69 Å². The van der Waals surface area contributed by atoms with Crippen LogP contribution in [0.1, 0.15) is 11.1 Å². The van der Waals surface area contributed by atoms with Gasteiger partial charge in [0.25, 0.3) is 0 Å². The maximum Gasteiger partial charge on any atom is 0.148 e. The fourth-order valence-electron chi connectivity index (χ4n) is 2.66.